The number of hydrogen-bond donors (Lipinski definition) is 6. The van der Waals surface area contributed by atoms with Gasteiger partial charge in [0.2, 0.25) is 23.5 Å². The topological polar surface area (TPSA) is 204 Å². The highest BCUT2D eigenvalue weighted by molar-refractivity contribution is 5.85. The number of amides is 3. The van der Waals surface area contributed by atoms with Gasteiger partial charge in [-0.05, 0) is 68.6 Å². The van der Waals surface area contributed by atoms with E-state index in [9.17, 15) is 42.9 Å². The van der Waals surface area contributed by atoms with Gasteiger partial charge in [0.1, 0.15) is 23.2 Å². The number of anilines is 2. The highest BCUT2D eigenvalue weighted by Gasteiger charge is 2.39. The Bertz CT molecular complexity index is 1530. The van der Waals surface area contributed by atoms with Crippen LogP contribution in [0.4, 0.5) is 24.8 Å². The third kappa shape index (κ3) is 11.2. The molecule has 4 rings (SSSR count). The van der Waals surface area contributed by atoms with E-state index in [1.54, 1.807) is 21.9 Å². The van der Waals surface area contributed by atoms with Crippen molar-refractivity contribution in [1.82, 2.24) is 25.9 Å². The molecule has 2 aromatic rings. The summed E-state index contributed by atoms with van der Waals surface area (Å²) in [5, 5.41) is 44.8. The Labute approximate surface area is 300 Å². The molecule has 2 aliphatic rings. The highest BCUT2D eigenvalue weighted by atomic mass is 19.4. The van der Waals surface area contributed by atoms with E-state index in [2.05, 4.69) is 32.0 Å². The van der Waals surface area contributed by atoms with Gasteiger partial charge in [0.25, 0.3) is 0 Å². The molecule has 6 N–H and O–H groups in total. The molecule has 0 bridgehead atoms. The number of aromatic nitrogens is 2. The number of carbonyl (C=O) groups excluding carboxylic acids is 3. The summed E-state index contributed by atoms with van der Waals surface area (Å²) in [6.45, 7) is -0.236. The van der Waals surface area contributed by atoms with E-state index in [4.69, 9.17) is 5.26 Å². The lowest BCUT2D eigenvalue weighted by Crippen LogP contribution is -2.57. The number of rotatable bonds is 17. The molecule has 52 heavy (non-hydrogen) atoms. The average Bonchev–Trinajstić information content (AvgIpc) is 3.64. The Morgan fingerprint density at radius 3 is 2.19 bits per heavy atom. The van der Waals surface area contributed by atoms with Crippen molar-refractivity contribution in [2.75, 3.05) is 62.3 Å². The predicted molar refractivity (Wildman–Crippen MR) is 184 cm³/mol. The Morgan fingerprint density at radius 2 is 1.56 bits per heavy atom. The van der Waals surface area contributed by atoms with Crippen molar-refractivity contribution in [3.63, 3.8) is 0 Å². The van der Waals surface area contributed by atoms with E-state index in [1.807, 2.05) is 12.1 Å². The normalized spacial score (nSPS) is 16.8. The minimum Gasteiger partial charge on any atom is -0.394 e. The third-order valence-corrected chi connectivity index (χ3v) is 9.54. The molecule has 2 fully saturated rings. The van der Waals surface area contributed by atoms with Gasteiger partial charge < -0.3 is 41.1 Å². The van der Waals surface area contributed by atoms with E-state index in [1.165, 1.54) is 6.07 Å². The lowest BCUT2D eigenvalue weighted by atomic mass is 9.91. The van der Waals surface area contributed by atoms with Crippen molar-refractivity contribution in [3.05, 3.63) is 47.3 Å². The lowest BCUT2D eigenvalue weighted by Gasteiger charge is -2.34. The second-order valence-electron chi connectivity index (χ2n) is 13.3. The van der Waals surface area contributed by atoms with Crippen LogP contribution in [0, 0.1) is 17.2 Å². The average molecular weight is 733 g/mol. The van der Waals surface area contributed by atoms with E-state index < -0.39 is 49.3 Å². The molecule has 2 aliphatic heterocycles. The number of nitriles is 1. The van der Waals surface area contributed by atoms with Gasteiger partial charge in [-0.15, -0.1) is 0 Å². The van der Waals surface area contributed by atoms with Gasteiger partial charge in [-0.2, -0.15) is 18.4 Å². The van der Waals surface area contributed by atoms with Crippen LogP contribution in [-0.2, 0) is 27.0 Å². The fraction of sp³-hybridized carbons (Fsp3) is 0.600. The first-order valence-corrected chi connectivity index (χ1v) is 17.5. The second kappa shape index (κ2) is 18.8. The Morgan fingerprint density at radius 1 is 0.885 bits per heavy atom. The number of hydrogen-bond acceptors (Lipinski definition) is 11. The molecule has 0 radical (unpaired) electrons. The van der Waals surface area contributed by atoms with Crippen molar-refractivity contribution in [2.45, 2.75) is 75.5 Å². The molecular weight excluding hydrogens is 685 g/mol. The first-order valence-electron chi connectivity index (χ1n) is 17.5. The Hall–Kier alpha value is -4.53. The number of aliphatic hydroxyl groups excluding tert-OH is 3. The largest absolute Gasteiger partial charge is 0.451 e. The van der Waals surface area contributed by atoms with Crippen LogP contribution in [0.5, 0.6) is 0 Å². The SMILES string of the molecule is N#Cc1ccc(CCNC(=O)[C@@H]2CCCN2c2cc(N3CCC(CCCC(=O)NCCC(=O)NC(CO)(CO)CO)CC3)nc(C(F)(F)F)n2)cc1. The zero-order chi connectivity index (χ0) is 37.7. The summed E-state index contributed by atoms with van der Waals surface area (Å²) >= 11 is 0. The maximum absolute atomic E-state index is 14.0. The number of nitrogens with zero attached hydrogens (tertiary/aromatic N) is 5. The smallest absolute Gasteiger partial charge is 0.394 e. The molecule has 14 nitrogen and oxygen atoms in total. The molecular formula is C35H47F3N8O6. The van der Waals surface area contributed by atoms with Crippen molar-refractivity contribution in [3.8, 4) is 6.07 Å². The van der Waals surface area contributed by atoms with Gasteiger partial charge in [0.15, 0.2) is 0 Å². The van der Waals surface area contributed by atoms with Crippen molar-refractivity contribution < 1.29 is 42.9 Å². The monoisotopic (exact) mass is 732 g/mol. The van der Waals surface area contributed by atoms with Crippen molar-refractivity contribution in [1.29, 1.82) is 5.26 Å². The van der Waals surface area contributed by atoms with Crippen LogP contribution < -0.4 is 25.8 Å². The Balaban J connectivity index is 1.26. The van der Waals surface area contributed by atoms with Crippen LogP contribution in [0.1, 0.15) is 68.3 Å². The molecule has 0 unspecified atom stereocenters. The standard InChI is InChI=1S/C35H47F3N8O6/c36-35(37,38)33-42-28(19-29(43-33)46-16-2-4-27(46)32(52)41-14-10-25-6-8-26(20-39)9-7-25)45-17-12-24(13-18-45)3-1-5-30(50)40-15-11-31(51)44-34(21-47,22-48)23-49/h6-9,19,24,27,47-49H,1-5,10-18,21-23H2,(H,40,50)(H,41,52)(H,44,51)/t27-/m0/s1. The van der Waals surface area contributed by atoms with Gasteiger partial charge in [0, 0.05) is 51.6 Å². The molecule has 0 spiro atoms. The molecule has 2 saturated heterocycles. The first kappa shape index (κ1) is 40.2. The van der Waals surface area contributed by atoms with Crippen molar-refractivity contribution in [2.24, 2.45) is 5.92 Å². The van der Waals surface area contributed by atoms with Crippen LogP contribution in [0.3, 0.4) is 0 Å². The van der Waals surface area contributed by atoms with E-state index in [0.717, 1.165) is 12.0 Å². The van der Waals surface area contributed by atoms with Gasteiger partial charge in [-0.1, -0.05) is 12.1 Å². The quantitative estimate of drug-likeness (QED) is 0.137. The summed E-state index contributed by atoms with van der Waals surface area (Å²) in [6.07, 6.45) is -0.294. The molecule has 1 aromatic carbocycles. The van der Waals surface area contributed by atoms with Crippen LogP contribution >= 0.6 is 0 Å². The number of benzene rings is 1. The van der Waals surface area contributed by atoms with Gasteiger partial charge in [-0.3, -0.25) is 14.4 Å². The van der Waals surface area contributed by atoms with Gasteiger partial charge in [-0.25, -0.2) is 9.97 Å². The number of alkyl halides is 3. The third-order valence-electron chi connectivity index (χ3n) is 9.54. The zero-order valence-corrected chi connectivity index (χ0v) is 29.0. The zero-order valence-electron chi connectivity index (χ0n) is 29.0. The maximum atomic E-state index is 14.0. The molecule has 3 heterocycles. The summed E-state index contributed by atoms with van der Waals surface area (Å²) in [5.41, 5.74) is -0.0498. The van der Waals surface area contributed by atoms with Crippen LogP contribution in [0.25, 0.3) is 0 Å². The molecule has 1 aromatic heterocycles. The summed E-state index contributed by atoms with van der Waals surface area (Å²) in [5.74, 6) is -1.85. The van der Waals surface area contributed by atoms with E-state index in [0.29, 0.717) is 70.3 Å². The van der Waals surface area contributed by atoms with E-state index >= 15 is 0 Å². The fourth-order valence-electron chi connectivity index (χ4n) is 6.40. The predicted octanol–water partition coefficient (Wildman–Crippen LogP) is 1.42. The number of piperidine rings is 1. The van der Waals surface area contributed by atoms with Crippen molar-refractivity contribution >= 4 is 29.4 Å². The van der Waals surface area contributed by atoms with Crippen LogP contribution in [-0.4, -0.2) is 107 Å². The summed E-state index contributed by atoms with van der Waals surface area (Å²) in [6, 6.07) is 9.94. The fourth-order valence-corrected chi connectivity index (χ4v) is 6.40. The van der Waals surface area contributed by atoms with Crippen LogP contribution in [0.15, 0.2) is 30.3 Å². The highest BCUT2D eigenvalue weighted by Crippen LogP contribution is 2.34. The lowest BCUT2D eigenvalue weighted by molar-refractivity contribution is -0.144. The summed E-state index contributed by atoms with van der Waals surface area (Å²) in [4.78, 5) is 48.7. The van der Waals surface area contributed by atoms with Crippen LogP contribution in [0.2, 0.25) is 0 Å². The van der Waals surface area contributed by atoms with Gasteiger partial charge >= 0.3 is 6.18 Å². The van der Waals surface area contributed by atoms with E-state index in [-0.39, 0.29) is 48.8 Å². The Kier molecular flexibility index (Phi) is 14.6. The molecule has 284 valence electrons. The molecule has 17 heteroatoms. The molecule has 1 atom stereocenters. The number of carbonyl (C=O) groups is 3. The molecule has 0 saturated carbocycles. The molecule has 3 amide bonds. The number of aliphatic hydroxyl groups is 3. The minimum atomic E-state index is -4.78. The van der Waals surface area contributed by atoms with Gasteiger partial charge in [0.05, 0.1) is 31.5 Å². The maximum Gasteiger partial charge on any atom is 0.451 e. The molecule has 0 aliphatic carbocycles. The summed E-state index contributed by atoms with van der Waals surface area (Å²) in [7, 11) is 0. The summed E-state index contributed by atoms with van der Waals surface area (Å²) < 4.78 is 42.0. The number of nitrogens with one attached hydrogen (secondary N) is 3. The number of halogens is 3. The minimum absolute atomic E-state index is 0.0466. The second-order valence-corrected chi connectivity index (χ2v) is 13.3. The first-order chi connectivity index (χ1) is 24.9.